The molecule has 1 aliphatic rings. The summed E-state index contributed by atoms with van der Waals surface area (Å²) >= 11 is 5.08. The number of aryl methyl sites for hydroxylation is 1. The number of rotatable bonds is 3. The molecule has 0 bridgehead atoms. The highest BCUT2D eigenvalue weighted by Crippen LogP contribution is 2.19. The van der Waals surface area contributed by atoms with E-state index in [1.165, 1.54) is 22.4 Å². The van der Waals surface area contributed by atoms with Gasteiger partial charge in [-0.25, -0.2) is 4.98 Å². The summed E-state index contributed by atoms with van der Waals surface area (Å²) in [5, 5.41) is 0. The van der Waals surface area contributed by atoms with Crippen molar-refractivity contribution in [2.75, 3.05) is 6.54 Å². The van der Waals surface area contributed by atoms with Crippen molar-refractivity contribution in [3.8, 4) is 0 Å². The van der Waals surface area contributed by atoms with E-state index in [1.807, 2.05) is 6.20 Å². The van der Waals surface area contributed by atoms with E-state index in [9.17, 15) is 0 Å². The first-order valence-electron chi connectivity index (χ1n) is 7.12. The summed E-state index contributed by atoms with van der Waals surface area (Å²) in [4.78, 5) is 9.89. The number of nitrogens with zero attached hydrogens (tertiary/aromatic N) is 2. The molecule has 0 radical (unpaired) electrons. The smallest absolute Gasteiger partial charge is 0.196 e. The predicted octanol–water partition coefficient (Wildman–Crippen LogP) is 3.26. The molecule has 0 atom stereocenters. The third-order valence-electron chi connectivity index (χ3n) is 3.95. The maximum atomic E-state index is 5.08. The van der Waals surface area contributed by atoms with Crippen LogP contribution in [0.3, 0.4) is 0 Å². The molecule has 0 fully saturated rings. The number of nitrogens with one attached hydrogen (secondary N) is 1. The van der Waals surface area contributed by atoms with Crippen molar-refractivity contribution in [1.82, 2.24) is 14.9 Å². The monoisotopic (exact) mass is 285 g/mol. The summed E-state index contributed by atoms with van der Waals surface area (Å²) in [5.41, 5.74) is 5.42. The van der Waals surface area contributed by atoms with Crippen molar-refractivity contribution in [2.24, 2.45) is 0 Å². The molecule has 0 saturated carbocycles. The first-order valence-corrected chi connectivity index (χ1v) is 7.53. The molecule has 3 rings (SSSR count). The molecule has 4 heteroatoms. The van der Waals surface area contributed by atoms with Crippen LogP contribution in [0.4, 0.5) is 0 Å². The Morgan fingerprint density at radius 2 is 2.10 bits per heavy atom. The molecular formula is C16H19N3S. The van der Waals surface area contributed by atoms with E-state index >= 15 is 0 Å². The lowest BCUT2D eigenvalue weighted by atomic mass is 10.0. The average Bonchev–Trinajstić information content (AvgIpc) is 2.48. The van der Waals surface area contributed by atoms with Crippen LogP contribution in [0.2, 0.25) is 0 Å². The van der Waals surface area contributed by atoms with Gasteiger partial charge in [-0.2, -0.15) is 0 Å². The Bertz CT molecular complexity index is 663. The van der Waals surface area contributed by atoms with Gasteiger partial charge in [-0.3, -0.25) is 4.90 Å². The first-order chi connectivity index (χ1) is 9.76. The Labute approximate surface area is 124 Å². The Hall–Kier alpha value is -1.52. The Morgan fingerprint density at radius 3 is 2.90 bits per heavy atom. The SMILES string of the molecule is CCc1ccccc1CN1CCc2[nH]c(=S)ncc2C1. The molecule has 0 saturated heterocycles. The van der Waals surface area contributed by atoms with E-state index in [-0.39, 0.29) is 0 Å². The van der Waals surface area contributed by atoms with E-state index in [0.29, 0.717) is 4.77 Å². The fourth-order valence-electron chi connectivity index (χ4n) is 2.84. The molecule has 2 heterocycles. The molecule has 1 N–H and O–H groups in total. The zero-order chi connectivity index (χ0) is 13.9. The highest BCUT2D eigenvalue weighted by molar-refractivity contribution is 7.71. The zero-order valence-corrected chi connectivity index (χ0v) is 12.5. The quantitative estimate of drug-likeness (QED) is 0.878. The second-order valence-corrected chi connectivity index (χ2v) is 5.66. The highest BCUT2D eigenvalue weighted by Gasteiger charge is 2.17. The van der Waals surface area contributed by atoms with Gasteiger partial charge in [-0.1, -0.05) is 31.2 Å². The Kier molecular flexibility index (Phi) is 3.94. The van der Waals surface area contributed by atoms with Gasteiger partial charge in [0.15, 0.2) is 4.77 Å². The number of aromatic amines is 1. The van der Waals surface area contributed by atoms with Crippen molar-refractivity contribution < 1.29 is 0 Å². The summed E-state index contributed by atoms with van der Waals surface area (Å²) < 4.78 is 0.591. The van der Waals surface area contributed by atoms with Crippen molar-refractivity contribution in [3.05, 3.63) is 57.6 Å². The maximum absolute atomic E-state index is 5.08. The third-order valence-corrected chi connectivity index (χ3v) is 4.16. The second kappa shape index (κ2) is 5.85. The minimum absolute atomic E-state index is 0.591. The number of benzene rings is 1. The van der Waals surface area contributed by atoms with Crippen LogP contribution in [0.1, 0.15) is 29.3 Å². The lowest BCUT2D eigenvalue weighted by Crippen LogP contribution is -2.31. The van der Waals surface area contributed by atoms with Gasteiger partial charge in [0, 0.05) is 43.5 Å². The van der Waals surface area contributed by atoms with Crippen molar-refractivity contribution in [3.63, 3.8) is 0 Å². The lowest BCUT2D eigenvalue weighted by Gasteiger charge is -2.28. The first kappa shape index (κ1) is 13.5. The molecule has 3 nitrogen and oxygen atoms in total. The van der Waals surface area contributed by atoms with Crippen LogP contribution in [0.15, 0.2) is 30.5 Å². The molecular weight excluding hydrogens is 266 g/mol. The lowest BCUT2D eigenvalue weighted by molar-refractivity contribution is 0.242. The topological polar surface area (TPSA) is 31.9 Å². The van der Waals surface area contributed by atoms with Gasteiger partial charge in [0.2, 0.25) is 0 Å². The predicted molar refractivity (Wildman–Crippen MR) is 83.1 cm³/mol. The molecule has 0 spiro atoms. The second-order valence-electron chi connectivity index (χ2n) is 5.28. The molecule has 0 aliphatic carbocycles. The van der Waals surface area contributed by atoms with E-state index < -0.39 is 0 Å². The van der Waals surface area contributed by atoms with Gasteiger partial charge >= 0.3 is 0 Å². The standard InChI is InChI=1S/C16H19N3S/c1-2-12-5-3-4-6-13(12)10-19-8-7-15-14(11-19)9-17-16(20)18-15/h3-6,9H,2,7-8,10-11H2,1H3,(H,17,18,20). The molecule has 1 aliphatic heterocycles. The van der Waals surface area contributed by atoms with E-state index in [0.717, 1.165) is 32.5 Å². The van der Waals surface area contributed by atoms with Crippen molar-refractivity contribution >= 4 is 12.2 Å². The average molecular weight is 285 g/mol. The van der Waals surface area contributed by atoms with Gasteiger partial charge in [-0.05, 0) is 29.8 Å². The highest BCUT2D eigenvalue weighted by atomic mass is 32.1. The van der Waals surface area contributed by atoms with Crippen LogP contribution in [0, 0.1) is 4.77 Å². The third kappa shape index (κ3) is 2.81. The Balaban J connectivity index is 1.77. The summed E-state index contributed by atoms with van der Waals surface area (Å²) in [6, 6.07) is 8.72. The van der Waals surface area contributed by atoms with Gasteiger partial charge < -0.3 is 4.98 Å². The fourth-order valence-corrected chi connectivity index (χ4v) is 3.01. The summed E-state index contributed by atoms with van der Waals surface area (Å²) in [7, 11) is 0. The number of hydrogen-bond donors (Lipinski definition) is 1. The molecule has 20 heavy (non-hydrogen) atoms. The molecule has 104 valence electrons. The summed E-state index contributed by atoms with van der Waals surface area (Å²) in [6.45, 7) is 5.25. The molecule has 2 aromatic rings. The van der Waals surface area contributed by atoms with Crippen LogP contribution in [-0.2, 0) is 25.9 Å². The van der Waals surface area contributed by atoms with Crippen LogP contribution in [0.25, 0.3) is 0 Å². The summed E-state index contributed by atoms with van der Waals surface area (Å²) in [6.07, 6.45) is 4.04. The van der Waals surface area contributed by atoms with Gasteiger partial charge in [0.1, 0.15) is 0 Å². The van der Waals surface area contributed by atoms with Gasteiger partial charge in [-0.15, -0.1) is 0 Å². The molecule has 1 aromatic heterocycles. The van der Waals surface area contributed by atoms with Crippen LogP contribution < -0.4 is 0 Å². The largest absolute Gasteiger partial charge is 0.334 e. The number of H-pyrrole nitrogens is 1. The van der Waals surface area contributed by atoms with E-state index in [4.69, 9.17) is 12.2 Å². The van der Waals surface area contributed by atoms with Gasteiger partial charge in [0.25, 0.3) is 0 Å². The van der Waals surface area contributed by atoms with Crippen molar-refractivity contribution in [1.29, 1.82) is 0 Å². The number of hydrogen-bond acceptors (Lipinski definition) is 3. The van der Waals surface area contributed by atoms with Crippen LogP contribution in [0.5, 0.6) is 0 Å². The van der Waals surface area contributed by atoms with Gasteiger partial charge in [0.05, 0.1) is 0 Å². The van der Waals surface area contributed by atoms with E-state index in [1.54, 1.807) is 0 Å². The number of fused-ring (bicyclic) bond motifs is 1. The maximum Gasteiger partial charge on any atom is 0.196 e. The number of aromatic nitrogens is 2. The van der Waals surface area contributed by atoms with E-state index in [2.05, 4.69) is 46.1 Å². The zero-order valence-electron chi connectivity index (χ0n) is 11.7. The van der Waals surface area contributed by atoms with Crippen LogP contribution >= 0.6 is 12.2 Å². The Morgan fingerprint density at radius 1 is 1.30 bits per heavy atom. The minimum Gasteiger partial charge on any atom is -0.334 e. The summed E-state index contributed by atoms with van der Waals surface area (Å²) in [5.74, 6) is 0. The fraction of sp³-hybridized carbons (Fsp3) is 0.375. The molecule has 0 amide bonds. The van der Waals surface area contributed by atoms with Crippen molar-refractivity contribution in [2.45, 2.75) is 32.9 Å². The molecule has 0 unspecified atom stereocenters. The van der Waals surface area contributed by atoms with Crippen LogP contribution in [-0.4, -0.2) is 21.4 Å². The molecule has 1 aromatic carbocycles. The normalized spacial score (nSPS) is 15.1. The minimum atomic E-state index is 0.591.